The summed E-state index contributed by atoms with van der Waals surface area (Å²) in [5.74, 6) is 0.839. The first kappa shape index (κ1) is 21.5. The Labute approximate surface area is 168 Å². The van der Waals surface area contributed by atoms with Crippen LogP contribution < -0.4 is 10.6 Å². The highest BCUT2D eigenvalue weighted by Gasteiger charge is 2.09. The smallest absolute Gasteiger partial charge is 0.191 e. The highest BCUT2D eigenvalue weighted by atomic mass is 127. The fourth-order valence-electron chi connectivity index (χ4n) is 2.81. The molecule has 0 saturated heterocycles. The Balaban J connectivity index is 0.00000312. The van der Waals surface area contributed by atoms with Crippen molar-refractivity contribution < 1.29 is 0 Å². The predicted molar refractivity (Wildman–Crippen MR) is 116 cm³/mol. The van der Waals surface area contributed by atoms with Crippen LogP contribution in [0.4, 0.5) is 0 Å². The van der Waals surface area contributed by atoms with Crippen LogP contribution in [-0.2, 0) is 26.6 Å². The summed E-state index contributed by atoms with van der Waals surface area (Å²) in [6.07, 6.45) is 1.03. The lowest BCUT2D eigenvalue weighted by molar-refractivity contribution is 0.728. The number of rotatable bonds is 6. The molecule has 0 fully saturated rings. The molecule has 0 aliphatic heterocycles. The molecule has 2 aromatic rings. The zero-order valence-corrected chi connectivity index (χ0v) is 18.2. The molecule has 0 aliphatic rings. The van der Waals surface area contributed by atoms with Crippen molar-refractivity contribution in [3.05, 3.63) is 52.3 Å². The molecular formula is C19H30IN5. The van der Waals surface area contributed by atoms with E-state index < -0.39 is 0 Å². The maximum Gasteiger partial charge on any atom is 0.191 e. The van der Waals surface area contributed by atoms with Crippen LogP contribution in [-0.4, -0.2) is 22.3 Å². The van der Waals surface area contributed by atoms with Crippen LogP contribution in [0.3, 0.4) is 0 Å². The second-order valence-electron chi connectivity index (χ2n) is 5.94. The lowest BCUT2D eigenvalue weighted by atomic mass is 10.1. The number of benzene rings is 1. The molecule has 1 aromatic carbocycles. The number of nitrogens with zero attached hydrogens (tertiary/aromatic N) is 3. The van der Waals surface area contributed by atoms with Crippen LogP contribution in [0.25, 0.3) is 0 Å². The maximum absolute atomic E-state index is 4.74. The van der Waals surface area contributed by atoms with Gasteiger partial charge >= 0.3 is 0 Å². The standard InChI is InChI=1S/C19H29N5.HI/c1-6-16-10-8-9-11-17(16)12-21-19(20-7-2)22-13-18-14(3)23-24(5)15(18)4;/h8-11H,6-7,12-13H2,1-5H3,(H2,20,21,22);1H. The van der Waals surface area contributed by atoms with E-state index in [1.165, 1.54) is 22.4 Å². The Kier molecular flexibility index (Phi) is 8.96. The van der Waals surface area contributed by atoms with Gasteiger partial charge in [-0.15, -0.1) is 24.0 Å². The molecular weight excluding hydrogens is 425 g/mol. The Morgan fingerprint density at radius 1 is 1.12 bits per heavy atom. The van der Waals surface area contributed by atoms with Gasteiger partial charge < -0.3 is 10.6 Å². The molecule has 1 aromatic heterocycles. The first-order chi connectivity index (χ1) is 11.6. The lowest BCUT2D eigenvalue weighted by Gasteiger charge is -2.12. The van der Waals surface area contributed by atoms with Crippen molar-refractivity contribution in [1.29, 1.82) is 0 Å². The molecule has 0 spiro atoms. The number of hydrogen-bond acceptors (Lipinski definition) is 2. The maximum atomic E-state index is 4.74. The zero-order valence-electron chi connectivity index (χ0n) is 15.9. The predicted octanol–water partition coefficient (Wildman–Crippen LogP) is 3.47. The summed E-state index contributed by atoms with van der Waals surface area (Å²) in [6.45, 7) is 10.7. The van der Waals surface area contributed by atoms with Gasteiger partial charge in [-0.05, 0) is 38.3 Å². The van der Waals surface area contributed by atoms with E-state index in [1.807, 2.05) is 18.7 Å². The Bertz CT molecular complexity index is 706. The first-order valence-corrected chi connectivity index (χ1v) is 8.64. The number of hydrogen-bond donors (Lipinski definition) is 2. The van der Waals surface area contributed by atoms with Crippen molar-refractivity contribution in [2.75, 3.05) is 6.54 Å². The summed E-state index contributed by atoms with van der Waals surface area (Å²) in [5, 5.41) is 11.2. The first-order valence-electron chi connectivity index (χ1n) is 8.64. The molecule has 138 valence electrons. The van der Waals surface area contributed by atoms with Crippen molar-refractivity contribution in [2.24, 2.45) is 12.0 Å². The number of aliphatic imine (C=N–C) groups is 1. The summed E-state index contributed by atoms with van der Waals surface area (Å²) in [5.41, 5.74) is 6.13. The molecule has 0 radical (unpaired) electrons. The van der Waals surface area contributed by atoms with Gasteiger partial charge in [0.15, 0.2) is 5.96 Å². The molecule has 2 rings (SSSR count). The molecule has 0 unspecified atom stereocenters. The molecule has 0 bridgehead atoms. The summed E-state index contributed by atoms with van der Waals surface area (Å²) < 4.78 is 1.92. The third kappa shape index (κ3) is 5.73. The number of aryl methyl sites for hydroxylation is 3. The van der Waals surface area contributed by atoms with E-state index in [4.69, 9.17) is 4.99 Å². The third-order valence-corrected chi connectivity index (χ3v) is 4.34. The van der Waals surface area contributed by atoms with Crippen LogP contribution in [0.5, 0.6) is 0 Å². The topological polar surface area (TPSA) is 54.2 Å². The van der Waals surface area contributed by atoms with Gasteiger partial charge in [0.25, 0.3) is 0 Å². The van der Waals surface area contributed by atoms with E-state index in [2.05, 4.69) is 60.8 Å². The summed E-state index contributed by atoms with van der Waals surface area (Å²) in [7, 11) is 1.98. The van der Waals surface area contributed by atoms with E-state index in [-0.39, 0.29) is 24.0 Å². The molecule has 0 saturated carbocycles. The number of aromatic nitrogens is 2. The molecule has 0 amide bonds. The number of guanidine groups is 1. The largest absolute Gasteiger partial charge is 0.357 e. The minimum atomic E-state index is 0. The summed E-state index contributed by atoms with van der Waals surface area (Å²) >= 11 is 0. The molecule has 0 aliphatic carbocycles. The number of halogens is 1. The van der Waals surface area contributed by atoms with Gasteiger partial charge in [-0.1, -0.05) is 31.2 Å². The van der Waals surface area contributed by atoms with E-state index in [9.17, 15) is 0 Å². The lowest BCUT2D eigenvalue weighted by Crippen LogP contribution is -2.37. The highest BCUT2D eigenvalue weighted by molar-refractivity contribution is 14.0. The van der Waals surface area contributed by atoms with Gasteiger partial charge in [0.05, 0.1) is 12.2 Å². The van der Waals surface area contributed by atoms with Crippen LogP contribution in [0, 0.1) is 13.8 Å². The fraction of sp³-hybridized carbons (Fsp3) is 0.474. The number of nitrogens with one attached hydrogen (secondary N) is 2. The highest BCUT2D eigenvalue weighted by Crippen LogP contribution is 2.12. The third-order valence-electron chi connectivity index (χ3n) is 4.34. The minimum Gasteiger partial charge on any atom is -0.357 e. The zero-order chi connectivity index (χ0) is 17.5. The Morgan fingerprint density at radius 3 is 2.36 bits per heavy atom. The minimum absolute atomic E-state index is 0. The van der Waals surface area contributed by atoms with Gasteiger partial charge in [-0.2, -0.15) is 5.10 Å². The molecule has 25 heavy (non-hydrogen) atoms. The molecule has 6 heteroatoms. The summed E-state index contributed by atoms with van der Waals surface area (Å²) in [4.78, 5) is 4.74. The van der Waals surface area contributed by atoms with Gasteiger partial charge in [0.2, 0.25) is 0 Å². The van der Waals surface area contributed by atoms with Crippen molar-refractivity contribution in [3.8, 4) is 0 Å². The van der Waals surface area contributed by atoms with Gasteiger partial charge in [-0.3, -0.25) is 4.68 Å². The van der Waals surface area contributed by atoms with Crippen LogP contribution >= 0.6 is 24.0 Å². The molecule has 0 atom stereocenters. The van der Waals surface area contributed by atoms with Crippen molar-refractivity contribution in [1.82, 2.24) is 20.4 Å². The monoisotopic (exact) mass is 455 g/mol. The summed E-state index contributed by atoms with van der Waals surface area (Å²) in [6, 6.07) is 8.49. The molecule has 1 heterocycles. The second kappa shape index (κ2) is 10.4. The Morgan fingerprint density at radius 2 is 1.80 bits per heavy atom. The van der Waals surface area contributed by atoms with Crippen molar-refractivity contribution in [3.63, 3.8) is 0 Å². The van der Waals surface area contributed by atoms with E-state index in [0.29, 0.717) is 6.54 Å². The molecule has 2 N–H and O–H groups in total. The van der Waals surface area contributed by atoms with E-state index in [0.717, 1.165) is 31.2 Å². The van der Waals surface area contributed by atoms with Crippen LogP contribution in [0.2, 0.25) is 0 Å². The average molecular weight is 455 g/mol. The van der Waals surface area contributed by atoms with Gasteiger partial charge in [-0.25, -0.2) is 4.99 Å². The van der Waals surface area contributed by atoms with Crippen molar-refractivity contribution in [2.45, 2.75) is 47.2 Å². The van der Waals surface area contributed by atoms with Crippen LogP contribution in [0.1, 0.15) is 41.9 Å². The van der Waals surface area contributed by atoms with Crippen LogP contribution in [0.15, 0.2) is 29.3 Å². The van der Waals surface area contributed by atoms with Crippen molar-refractivity contribution >= 4 is 29.9 Å². The molecule has 5 nitrogen and oxygen atoms in total. The SMILES string of the molecule is CCNC(=NCc1ccccc1CC)NCc1c(C)nn(C)c1C.I. The fourth-order valence-corrected chi connectivity index (χ4v) is 2.81. The quantitative estimate of drug-likeness (QED) is 0.399. The second-order valence-corrected chi connectivity index (χ2v) is 5.94. The Hall–Kier alpha value is -1.57. The van der Waals surface area contributed by atoms with Gasteiger partial charge in [0, 0.05) is 31.4 Å². The van der Waals surface area contributed by atoms with Gasteiger partial charge in [0.1, 0.15) is 0 Å². The van der Waals surface area contributed by atoms with E-state index >= 15 is 0 Å². The average Bonchev–Trinajstić information content (AvgIpc) is 2.83. The van der Waals surface area contributed by atoms with E-state index in [1.54, 1.807) is 0 Å². The normalized spacial score (nSPS) is 11.2.